The van der Waals surface area contributed by atoms with Crippen molar-refractivity contribution < 1.29 is 4.79 Å². The number of carbonyl (C=O) groups excluding carboxylic acids is 1. The molecule has 1 atom stereocenters. The average molecular weight is 244 g/mol. The molecule has 1 aromatic carbocycles. The molecule has 2 aliphatic heterocycles. The molecule has 18 heavy (non-hydrogen) atoms. The highest BCUT2D eigenvalue weighted by Gasteiger charge is 2.46. The molecule has 2 heterocycles. The maximum Gasteiger partial charge on any atom is 0.343 e. The Hall–Kier alpha value is -1.88. The van der Waals surface area contributed by atoms with Gasteiger partial charge < -0.3 is 11.1 Å². The number of likely N-dealkylation sites (tertiary alicyclic amines) is 1. The van der Waals surface area contributed by atoms with E-state index in [4.69, 9.17) is 5.73 Å². The molecule has 5 nitrogen and oxygen atoms in total. The number of urea groups is 1. The Labute approximate surface area is 106 Å². The predicted molar refractivity (Wildman–Crippen MR) is 69.2 cm³/mol. The third kappa shape index (κ3) is 1.86. The van der Waals surface area contributed by atoms with Crippen LogP contribution < -0.4 is 11.1 Å². The van der Waals surface area contributed by atoms with Crippen LogP contribution in [0.3, 0.4) is 0 Å². The van der Waals surface area contributed by atoms with Gasteiger partial charge in [-0.2, -0.15) is 4.99 Å². The van der Waals surface area contributed by atoms with Crippen LogP contribution in [0.1, 0.15) is 12.0 Å². The van der Waals surface area contributed by atoms with E-state index < -0.39 is 5.54 Å². The Kier molecular flexibility index (Phi) is 2.56. The van der Waals surface area contributed by atoms with E-state index in [1.54, 1.807) is 0 Å². The molecule has 0 radical (unpaired) electrons. The summed E-state index contributed by atoms with van der Waals surface area (Å²) in [4.78, 5) is 17.4. The molecule has 0 saturated carbocycles. The first-order valence-electron chi connectivity index (χ1n) is 6.11. The molecule has 94 valence electrons. The predicted octanol–water partition coefficient (Wildman–Crippen LogP) is 0.711. The van der Waals surface area contributed by atoms with Gasteiger partial charge in [0, 0.05) is 19.6 Å². The minimum atomic E-state index is -0.425. The van der Waals surface area contributed by atoms with Crippen molar-refractivity contribution in [1.82, 2.24) is 10.2 Å². The van der Waals surface area contributed by atoms with Crippen molar-refractivity contribution in [2.75, 3.05) is 13.1 Å². The minimum absolute atomic E-state index is 0.311. The zero-order valence-corrected chi connectivity index (χ0v) is 10.1. The highest BCUT2D eigenvalue weighted by atomic mass is 16.2. The first-order valence-corrected chi connectivity index (χ1v) is 6.11. The minimum Gasteiger partial charge on any atom is -0.385 e. The molecule has 1 aromatic rings. The fourth-order valence-electron chi connectivity index (χ4n) is 2.69. The Morgan fingerprint density at radius 3 is 2.83 bits per heavy atom. The van der Waals surface area contributed by atoms with E-state index in [2.05, 4.69) is 27.3 Å². The Balaban J connectivity index is 1.69. The quantitative estimate of drug-likeness (QED) is 0.805. The van der Waals surface area contributed by atoms with Crippen molar-refractivity contribution in [2.24, 2.45) is 10.7 Å². The second-order valence-corrected chi connectivity index (χ2v) is 4.96. The second-order valence-electron chi connectivity index (χ2n) is 4.96. The third-order valence-electron chi connectivity index (χ3n) is 3.66. The van der Waals surface area contributed by atoms with Crippen molar-refractivity contribution in [3.63, 3.8) is 0 Å². The van der Waals surface area contributed by atoms with Crippen LogP contribution in [-0.4, -0.2) is 35.4 Å². The summed E-state index contributed by atoms with van der Waals surface area (Å²) in [6, 6.07) is 9.99. The summed E-state index contributed by atoms with van der Waals surface area (Å²) in [5.74, 6) is 0.433. The number of carbonyl (C=O) groups is 1. The Morgan fingerprint density at radius 1 is 1.39 bits per heavy atom. The van der Waals surface area contributed by atoms with E-state index in [0.717, 1.165) is 26.1 Å². The molecule has 3 N–H and O–H groups in total. The first-order chi connectivity index (χ1) is 8.68. The number of aliphatic imine (C=N–C) groups is 1. The van der Waals surface area contributed by atoms with Gasteiger partial charge in [0.25, 0.3) is 0 Å². The number of amidine groups is 1. The van der Waals surface area contributed by atoms with Crippen molar-refractivity contribution in [1.29, 1.82) is 0 Å². The lowest BCUT2D eigenvalue weighted by atomic mass is 9.99. The van der Waals surface area contributed by atoms with E-state index in [-0.39, 0.29) is 6.03 Å². The van der Waals surface area contributed by atoms with Crippen LogP contribution in [0.5, 0.6) is 0 Å². The van der Waals surface area contributed by atoms with Crippen LogP contribution in [-0.2, 0) is 6.54 Å². The van der Waals surface area contributed by atoms with Crippen LogP contribution >= 0.6 is 0 Å². The largest absolute Gasteiger partial charge is 0.385 e. The summed E-state index contributed by atoms with van der Waals surface area (Å²) in [5.41, 5.74) is 6.71. The van der Waals surface area contributed by atoms with Crippen molar-refractivity contribution >= 4 is 11.9 Å². The van der Waals surface area contributed by atoms with Crippen LogP contribution in [0, 0.1) is 0 Å². The Morgan fingerprint density at radius 2 is 2.17 bits per heavy atom. The molecular formula is C13H16N4O. The fourth-order valence-corrected chi connectivity index (χ4v) is 2.69. The van der Waals surface area contributed by atoms with Gasteiger partial charge in [-0.1, -0.05) is 30.3 Å². The topological polar surface area (TPSA) is 70.7 Å². The van der Waals surface area contributed by atoms with E-state index in [1.165, 1.54) is 5.56 Å². The molecule has 2 amide bonds. The molecule has 2 aliphatic rings. The van der Waals surface area contributed by atoms with Crippen LogP contribution in [0.4, 0.5) is 4.79 Å². The molecule has 5 heteroatoms. The van der Waals surface area contributed by atoms with Gasteiger partial charge in [0.05, 0.1) is 0 Å². The summed E-state index contributed by atoms with van der Waals surface area (Å²) >= 11 is 0. The van der Waals surface area contributed by atoms with E-state index in [0.29, 0.717) is 5.84 Å². The fraction of sp³-hybridized carbons (Fsp3) is 0.385. The normalized spacial score (nSPS) is 27.6. The van der Waals surface area contributed by atoms with Gasteiger partial charge in [0.15, 0.2) is 0 Å². The third-order valence-corrected chi connectivity index (χ3v) is 3.66. The van der Waals surface area contributed by atoms with Gasteiger partial charge in [0.1, 0.15) is 11.4 Å². The van der Waals surface area contributed by atoms with Crippen molar-refractivity contribution in [3.05, 3.63) is 35.9 Å². The lowest BCUT2D eigenvalue weighted by Gasteiger charge is -2.24. The lowest BCUT2D eigenvalue weighted by Crippen LogP contribution is -2.53. The second kappa shape index (κ2) is 4.10. The summed E-state index contributed by atoms with van der Waals surface area (Å²) in [7, 11) is 0. The van der Waals surface area contributed by atoms with E-state index in [1.807, 2.05) is 18.2 Å². The highest BCUT2D eigenvalue weighted by Crippen LogP contribution is 2.26. The molecule has 0 aliphatic carbocycles. The van der Waals surface area contributed by atoms with Gasteiger partial charge in [-0.3, -0.25) is 4.90 Å². The first kappa shape index (κ1) is 11.2. The average Bonchev–Trinajstić information content (AvgIpc) is 2.86. The number of hydrogen-bond acceptors (Lipinski definition) is 3. The number of hydrogen-bond donors (Lipinski definition) is 2. The molecular weight excluding hydrogens is 228 g/mol. The van der Waals surface area contributed by atoms with Crippen LogP contribution in [0.2, 0.25) is 0 Å². The molecule has 1 unspecified atom stereocenters. The summed E-state index contributed by atoms with van der Waals surface area (Å²) in [5, 5.41) is 2.89. The van der Waals surface area contributed by atoms with Crippen molar-refractivity contribution in [3.8, 4) is 0 Å². The van der Waals surface area contributed by atoms with Gasteiger partial charge in [0.2, 0.25) is 0 Å². The molecule has 0 bridgehead atoms. The molecule has 1 fully saturated rings. The highest BCUT2D eigenvalue weighted by molar-refractivity contribution is 6.06. The summed E-state index contributed by atoms with van der Waals surface area (Å²) in [6.45, 7) is 2.54. The monoisotopic (exact) mass is 244 g/mol. The standard InChI is InChI=1S/C13H16N4O/c14-11-13(16-12(18)15-11)6-7-17(9-13)8-10-4-2-1-3-5-10/h1-5H,6-9H2,(H3,14,15,16,18). The number of benzene rings is 1. The van der Waals surface area contributed by atoms with Gasteiger partial charge >= 0.3 is 6.03 Å². The number of nitrogens with one attached hydrogen (secondary N) is 1. The Bertz CT molecular complexity index is 499. The molecule has 3 rings (SSSR count). The maximum absolute atomic E-state index is 11.3. The number of nitrogens with zero attached hydrogens (tertiary/aromatic N) is 2. The molecule has 1 saturated heterocycles. The zero-order valence-electron chi connectivity index (χ0n) is 10.1. The summed E-state index contributed by atoms with van der Waals surface area (Å²) in [6.07, 6.45) is 0.834. The van der Waals surface area contributed by atoms with E-state index >= 15 is 0 Å². The smallest absolute Gasteiger partial charge is 0.343 e. The lowest BCUT2D eigenvalue weighted by molar-refractivity contribution is 0.244. The van der Waals surface area contributed by atoms with Gasteiger partial charge in [-0.05, 0) is 12.0 Å². The van der Waals surface area contributed by atoms with Crippen LogP contribution in [0.15, 0.2) is 35.3 Å². The number of nitrogens with two attached hydrogens (primary N) is 1. The van der Waals surface area contributed by atoms with Gasteiger partial charge in [-0.15, -0.1) is 0 Å². The molecule has 0 aromatic heterocycles. The van der Waals surface area contributed by atoms with Crippen molar-refractivity contribution in [2.45, 2.75) is 18.5 Å². The SMILES string of the molecule is NC1=NC(=O)NC12CCN(Cc1ccccc1)C2. The number of rotatable bonds is 2. The van der Waals surface area contributed by atoms with E-state index in [9.17, 15) is 4.79 Å². The number of amides is 2. The van der Waals surface area contributed by atoms with Gasteiger partial charge in [-0.25, -0.2) is 4.79 Å². The summed E-state index contributed by atoms with van der Waals surface area (Å²) < 4.78 is 0. The van der Waals surface area contributed by atoms with Crippen LogP contribution in [0.25, 0.3) is 0 Å². The maximum atomic E-state index is 11.3. The molecule has 1 spiro atoms. The zero-order chi connectivity index (χ0) is 12.6.